The number of hydrogen-bond donors (Lipinski definition) is 1. The Hall–Kier alpha value is -1.06. The van der Waals surface area contributed by atoms with Crippen molar-refractivity contribution in [3.63, 3.8) is 0 Å². The van der Waals surface area contributed by atoms with Gasteiger partial charge in [-0.15, -0.1) is 0 Å². The number of aryl methyl sites for hydroxylation is 1. The molecule has 0 aliphatic carbocycles. The summed E-state index contributed by atoms with van der Waals surface area (Å²) in [7, 11) is 2.26. The molecule has 0 aromatic heterocycles. The van der Waals surface area contributed by atoms with Crippen molar-refractivity contribution in [3.8, 4) is 5.75 Å². The molecule has 1 N–H and O–H groups in total. The van der Waals surface area contributed by atoms with Crippen LogP contribution in [0.5, 0.6) is 5.75 Å². The number of nitrogens with one attached hydrogen (secondary N) is 1. The van der Waals surface area contributed by atoms with Gasteiger partial charge in [0.2, 0.25) is 0 Å². The molecule has 0 bridgehead atoms. The fourth-order valence-electron chi connectivity index (χ4n) is 2.92. The van der Waals surface area contributed by atoms with E-state index in [-0.39, 0.29) is 0 Å². The molecule has 2 unspecified atom stereocenters. The predicted octanol–water partition coefficient (Wildman–Crippen LogP) is 3.23. The Balaban J connectivity index is 1.61. The second-order valence-electron chi connectivity index (χ2n) is 6.40. The lowest BCUT2D eigenvalue weighted by molar-refractivity contribution is 0.172. The average Bonchev–Trinajstić information content (AvgIpc) is 2.49. The first-order chi connectivity index (χ1) is 10.1. The first-order valence-electron chi connectivity index (χ1n) is 8.28. The van der Waals surface area contributed by atoms with Crippen molar-refractivity contribution in [2.75, 3.05) is 26.7 Å². The van der Waals surface area contributed by atoms with Crippen molar-refractivity contribution in [1.82, 2.24) is 10.2 Å². The Bertz CT molecular complexity index is 404. The van der Waals surface area contributed by atoms with E-state index < -0.39 is 0 Å². The monoisotopic (exact) mass is 290 g/mol. The summed E-state index contributed by atoms with van der Waals surface area (Å²) >= 11 is 0. The van der Waals surface area contributed by atoms with Gasteiger partial charge in [-0.25, -0.2) is 0 Å². The number of ether oxygens (including phenoxy) is 1. The van der Waals surface area contributed by atoms with E-state index in [1.54, 1.807) is 0 Å². The molecule has 118 valence electrons. The quantitative estimate of drug-likeness (QED) is 0.834. The average molecular weight is 290 g/mol. The van der Waals surface area contributed by atoms with Gasteiger partial charge in [-0.2, -0.15) is 0 Å². The van der Waals surface area contributed by atoms with Crippen LogP contribution in [0.25, 0.3) is 0 Å². The number of hydrogen-bond acceptors (Lipinski definition) is 3. The smallest absolute Gasteiger partial charge is 0.119 e. The molecular formula is C18H30N2O. The van der Waals surface area contributed by atoms with Crippen LogP contribution in [-0.4, -0.2) is 43.7 Å². The van der Waals surface area contributed by atoms with Crippen LogP contribution >= 0.6 is 0 Å². The minimum Gasteiger partial charge on any atom is -0.492 e. The minimum atomic E-state index is 0.389. The van der Waals surface area contributed by atoms with E-state index in [9.17, 15) is 0 Å². The van der Waals surface area contributed by atoms with Crippen LogP contribution in [0, 0.1) is 6.92 Å². The van der Waals surface area contributed by atoms with Crippen molar-refractivity contribution in [2.24, 2.45) is 0 Å². The SMILES string of the molecule is Cc1ccc(OCC(C)NCCC2CCCCN2C)cc1. The van der Waals surface area contributed by atoms with Gasteiger partial charge in [-0.1, -0.05) is 24.1 Å². The largest absolute Gasteiger partial charge is 0.492 e. The highest BCUT2D eigenvalue weighted by molar-refractivity contribution is 5.26. The Morgan fingerprint density at radius 2 is 2.05 bits per heavy atom. The van der Waals surface area contributed by atoms with Crippen molar-refractivity contribution >= 4 is 0 Å². The lowest BCUT2D eigenvalue weighted by Crippen LogP contribution is -2.40. The van der Waals surface area contributed by atoms with E-state index in [1.165, 1.54) is 37.8 Å². The summed E-state index contributed by atoms with van der Waals surface area (Å²) in [6.07, 6.45) is 5.35. The maximum Gasteiger partial charge on any atom is 0.119 e. The van der Waals surface area contributed by atoms with Crippen LogP contribution in [-0.2, 0) is 0 Å². The molecule has 3 heteroatoms. The Kier molecular flexibility index (Phi) is 6.52. The number of likely N-dealkylation sites (tertiary alicyclic amines) is 1. The van der Waals surface area contributed by atoms with E-state index >= 15 is 0 Å². The zero-order chi connectivity index (χ0) is 15.1. The Morgan fingerprint density at radius 1 is 1.29 bits per heavy atom. The standard InChI is InChI=1S/C18H30N2O/c1-15-7-9-18(10-8-15)21-14-16(2)19-12-11-17-6-4-5-13-20(17)3/h7-10,16-17,19H,4-6,11-14H2,1-3H3. The van der Waals surface area contributed by atoms with Crippen LogP contribution in [0.2, 0.25) is 0 Å². The second kappa shape index (κ2) is 8.40. The summed E-state index contributed by atoms with van der Waals surface area (Å²) in [4.78, 5) is 2.51. The minimum absolute atomic E-state index is 0.389. The highest BCUT2D eigenvalue weighted by Gasteiger charge is 2.18. The van der Waals surface area contributed by atoms with Gasteiger partial charge in [-0.05, 0) is 65.4 Å². The third kappa shape index (κ3) is 5.68. The van der Waals surface area contributed by atoms with Crippen molar-refractivity contribution in [1.29, 1.82) is 0 Å². The van der Waals surface area contributed by atoms with Gasteiger partial charge in [0.25, 0.3) is 0 Å². The second-order valence-corrected chi connectivity index (χ2v) is 6.40. The van der Waals surface area contributed by atoms with Crippen molar-refractivity contribution in [3.05, 3.63) is 29.8 Å². The normalized spacial score (nSPS) is 21.2. The summed E-state index contributed by atoms with van der Waals surface area (Å²) in [5.41, 5.74) is 1.27. The van der Waals surface area contributed by atoms with Gasteiger partial charge in [-0.3, -0.25) is 0 Å². The lowest BCUT2D eigenvalue weighted by atomic mass is 10.00. The molecule has 1 aliphatic rings. The van der Waals surface area contributed by atoms with E-state index in [0.717, 1.165) is 24.9 Å². The number of piperidine rings is 1. The molecule has 0 radical (unpaired) electrons. The fourth-order valence-corrected chi connectivity index (χ4v) is 2.92. The van der Waals surface area contributed by atoms with E-state index in [4.69, 9.17) is 4.74 Å². The zero-order valence-corrected chi connectivity index (χ0v) is 13.8. The molecule has 0 saturated carbocycles. The van der Waals surface area contributed by atoms with E-state index in [1.807, 2.05) is 12.1 Å². The van der Waals surface area contributed by atoms with Gasteiger partial charge < -0.3 is 15.0 Å². The van der Waals surface area contributed by atoms with Crippen LogP contribution in [0.15, 0.2) is 24.3 Å². The van der Waals surface area contributed by atoms with Gasteiger partial charge in [0.1, 0.15) is 12.4 Å². The molecule has 2 rings (SSSR count). The van der Waals surface area contributed by atoms with Crippen molar-refractivity contribution < 1.29 is 4.74 Å². The molecule has 1 heterocycles. The lowest BCUT2D eigenvalue weighted by Gasteiger charge is -2.32. The molecule has 3 nitrogen and oxygen atoms in total. The maximum absolute atomic E-state index is 5.81. The summed E-state index contributed by atoms with van der Waals surface area (Å²) in [5, 5.41) is 3.58. The molecule has 1 aromatic carbocycles. The topological polar surface area (TPSA) is 24.5 Å². The molecule has 1 aliphatic heterocycles. The summed E-state index contributed by atoms with van der Waals surface area (Å²) in [6.45, 7) is 7.35. The molecule has 1 saturated heterocycles. The zero-order valence-electron chi connectivity index (χ0n) is 13.8. The third-order valence-corrected chi connectivity index (χ3v) is 4.41. The fraction of sp³-hybridized carbons (Fsp3) is 0.667. The number of rotatable bonds is 7. The van der Waals surface area contributed by atoms with Crippen molar-refractivity contribution in [2.45, 2.75) is 51.6 Å². The van der Waals surface area contributed by atoms with E-state index in [2.05, 4.69) is 43.2 Å². The summed E-state index contributed by atoms with van der Waals surface area (Å²) < 4.78 is 5.81. The van der Waals surface area contributed by atoms with Gasteiger partial charge in [0.05, 0.1) is 0 Å². The summed E-state index contributed by atoms with van der Waals surface area (Å²) in [6, 6.07) is 9.41. The molecule has 0 amide bonds. The van der Waals surface area contributed by atoms with E-state index in [0.29, 0.717) is 6.04 Å². The number of benzene rings is 1. The molecule has 0 spiro atoms. The Morgan fingerprint density at radius 3 is 2.76 bits per heavy atom. The van der Waals surface area contributed by atoms with Gasteiger partial charge in [0.15, 0.2) is 0 Å². The molecule has 1 fully saturated rings. The predicted molar refractivity (Wildman–Crippen MR) is 89.0 cm³/mol. The molecule has 21 heavy (non-hydrogen) atoms. The van der Waals surface area contributed by atoms with Crippen LogP contribution < -0.4 is 10.1 Å². The molecule has 1 aromatic rings. The Labute approximate surface area is 129 Å². The first kappa shape index (κ1) is 16.3. The van der Waals surface area contributed by atoms with Gasteiger partial charge >= 0.3 is 0 Å². The molecular weight excluding hydrogens is 260 g/mol. The van der Waals surface area contributed by atoms with Crippen LogP contribution in [0.4, 0.5) is 0 Å². The first-order valence-corrected chi connectivity index (χ1v) is 8.28. The maximum atomic E-state index is 5.81. The third-order valence-electron chi connectivity index (χ3n) is 4.41. The molecule has 2 atom stereocenters. The number of nitrogens with zero attached hydrogens (tertiary/aromatic N) is 1. The van der Waals surface area contributed by atoms with Crippen LogP contribution in [0.3, 0.4) is 0 Å². The van der Waals surface area contributed by atoms with Crippen LogP contribution in [0.1, 0.15) is 38.2 Å². The van der Waals surface area contributed by atoms with Gasteiger partial charge in [0, 0.05) is 12.1 Å². The highest BCUT2D eigenvalue weighted by atomic mass is 16.5. The summed E-state index contributed by atoms with van der Waals surface area (Å²) in [5.74, 6) is 0.960. The highest BCUT2D eigenvalue weighted by Crippen LogP contribution is 2.17.